The predicted octanol–water partition coefficient (Wildman–Crippen LogP) is 1.40. The summed E-state index contributed by atoms with van der Waals surface area (Å²) in [5.74, 6) is -0.225. The number of carbonyl (C=O) groups is 1. The van der Waals surface area contributed by atoms with Crippen molar-refractivity contribution in [2.45, 2.75) is 38.8 Å². The van der Waals surface area contributed by atoms with Gasteiger partial charge in [-0.15, -0.1) is 0 Å². The molecule has 6 heteroatoms. The van der Waals surface area contributed by atoms with E-state index in [-0.39, 0.29) is 18.0 Å². The van der Waals surface area contributed by atoms with Gasteiger partial charge in [0.05, 0.1) is 24.2 Å². The van der Waals surface area contributed by atoms with Crippen molar-refractivity contribution in [2.75, 3.05) is 0 Å². The van der Waals surface area contributed by atoms with E-state index in [4.69, 9.17) is 0 Å². The van der Waals surface area contributed by atoms with Crippen LogP contribution < -0.4 is 10.9 Å². The van der Waals surface area contributed by atoms with Crippen LogP contribution >= 0.6 is 0 Å². The molecule has 2 aromatic rings. The SMILES string of the molecule is CC(C)(O)CCc1cccc(C(=O)NCc2cc(=O)[nH]cn2)c1. The van der Waals surface area contributed by atoms with Gasteiger partial charge in [0, 0.05) is 11.6 Å². The van der Waals surface area contributed by atoms with Crippen molar-refractivity contribution in [3.63, 3.8) is 0 Å². The number of aromatic amines is 1. The quantitative estimate of drug-likeness (QED) is 0.751. The van der Waals surface area contributed by atoms with Crippen LogP contribution in [0.25, 0.3) is 0 Å². The lowest BCUT2D eigenvalue weighted by molar-refractivity contribution is 0.0714. The maximum absolute atomic E-state index is 12.2. The molecule has 23 heavy (non-hydrogen) atoms. The third-order valence-electron chi connectivity index (χ3n) is 3.38. The first kappa shape index (κ1) is 16.9. The van der Waals surface area contributed by atoms with Crippen molar-refractivity contribution in [3.8, 4) is 0 Å². The first-order chi connectivity index (χ1) is 10.8. The van der Waals surface area contributed by atoms with Crippen LogP contribution in [0.1, 0.15) is 41.9 Å². The summed E-state index contributed by atoms with van der Waals surface area (Å²) >= 11 is 0. The van der Waals surface area contributed by atoms with Crippen LogP contribution in [0.3, 0.4) is 0 Å². The summed E-state index contributed by atoms with van der Waals surface area (Å²) in [5.41, 5.74) is 1.06. The van der Waals surface area contributed by atoms with Crippen molar-refractivity contribution in [1.82, 2.24) is 15.3 Å². The van der Waals surface area contributed by atoms with E-state index in [2.05, 4.69) is 15.3 Å². The van der Waals surface area contributed by atoms with Crippen molar-refractivity contribution in [3.05, 3.63) is 63.8 Å². The van der Waals surface area contributed by atoms with Gasteiger partial charge < -0.3 is 15.4 Å². The Hall–Kier alpha value is -2.47. The minimum Gasteiger partial charge on any atom is -0.390 e. The molecule has 0 aliphatic rings. The number of aryl methyl sites for hydroxylation is 1. The molecule has 0 atom stereocenters. The Morgan fingerprint density at radius 3 is 2.83 bits per heavy atom. The minimum atomic E-state index is -0.732. The number of nitrogens with zero attached hydrogens (tertiary/aromatic N) is 1. The molecule has 1 amide bonds. The summed E-state index contributed by atoms with van der Waals surface area (Å²) in [4.78, 5) is 29.8. The number of rotatable bonds is 6. The molecule has 0 fully saturated rings. The molecule has 1 aromatic heterocycles. The number of benzene rings is 1. The summed E-state index contributed by atoms with van der Waals surface area (Å²) in [6, 6.07) is 8.64. The Labute approximate surface area is 134 Å². The molecule has 0 saturated carbocycles. The highest BCUT2D eigenvalue weighted by Crippen LogP contribution is 2.14. The van der Waals surface area contributed by atoms with Crippen molar-refractivity contribution < 1.29 is 9.90 Å². The number of aromatic nitrogens is 2. The highest BCUT2D eigenvalue weighted by atomic mass is 16.3. The van der Waals surface area contributed by atoms with Crippen LogP contribution in [0.2, 0.25) is 0 Å². The van der Waals surface area contributed by atoms with Gasteiger partial charge in [-0.3, -0.25) is 9.59 Å². The Bertz CT molecular complexity index is 732. The Morgan fingerprint density at radius 2 is 2.13 bits per heavy atom. The summed E-state index contributed by atoms with van der Waals surface area (Å²) in [6.07, 6.45) is 2.62. The number of amides is 1. The average Bonchev–Trinajstić information content (AvgIpc) is 2.50. The van der Waals surface area contributed by atoms with E-state index in [1.54, 1.807) is 19.9 Å². The first-order valence-electron chi connectivity index (χ1n) is 7.47. The lowest BCUT2D eigenvalue weighted by atomic mass is 9.98. The summed E-state index contributed by atoms with van der Waals surface area (Å²) in [5, 5.41) is 12.5. The molecule has 0 aliphatic carbocycles. The van der Waals surface area contributed by atoms with E-state index in [9.17, 15) is 14.7 Å². The van der Waals surface area contributed by atoms with Crippen LogP contribution in [-0.2, 0) is 13.0 Å². The molecule has 1 aromatic carbocycles. The smallest absolute Gasteiger partial charge is 0.251 e. The van der Waals surface area contributed by atoms with Crippen LogP contribution in [0.4, 0.5) is 0 Å². The van der Waals surface area contributed by atoms with Crippen LogP contribution in [0, 0.1) is 0 Å². The van der Waals surface area contributed by atoms with Gasteiger partial charge in [-0.25, -0.2) is 4.98 Å². The zero-order chi connectivity index (χ0) is 16.9. The summed E-state index contributed by atoms with van der Waals surface area (Å²) < 4.78 is 0. The number of carbonyl (C=O) groups excluding carboxylic acids is 1. The lowest BCUT2D eigenvalue weighted by Gasteiger charge is -2.16. The van der Waals surface area contributed by atoms with E-state index < -0.39 is 5.60 Å². The Kier molecular flexibility index (Phi) is 5.28. The molecule has 0 spiro atoms. The molecular weight excluding hydrogens is 294 g/mol. The number of nitrogens with one attached hydrogen (secondary N) is 2. The zero-order valence-electron chi connectivity index (χ0n) is 13.3. The van der Waals surface area contributed by atoms with Gasteiger partial charge >= 0.3 is 0 Å². The fraction of sp³-hybridized carbons (Fsp3) is 0.353. The molecule has 0 unspecified atom stereocenters. The van der Waals surface area contributed by atoms with Gasteiger partial charge in [0.1, 0.15) is 0 Å². The average molecular weight is 315 g/mol. The van der Waals surface area contributed by atoms with E-state index in [1.807, 2.05) is 18.2 Å². The highest BCUT2D eigenvalue weighted by molar-refractivity contribution is 5.94. The van der Waals surface area contributed by atoms with Gasteiger partial charge in [-0.1, -0.05) is 12.1 Å². The first-order valence-corrected chi connectivity index (χ1v) is 7.47. The second-order valence-electron chi connectivity index (χ2n) is 6.10. The Balaban J connectivity index is 1.98. The monoisotopic (exact) mass is 315 g/mol. The Morgan fingerprint density at radius 1 is 1.35 bits per heavy atom. The van der Waals surface area contributed by atoms with Crippen molar-refractivity contribution in [1.29, 1.82) is 0 Å². The predicted molar refractivity (Wildman–Crippen MR) is 87.1 cm³/mol. The summed E-state index contributed by atoms with van der Waals surface area (Å²) in [7, 11) is 0. The largest absolute Gasteiger partial charge is 0.390 e. The van der Waals surface area contributed by atoms with Crippen molar-refractivity contribution >= 4 is 5.91 Å². The highest BCUT2D eigenvalue weighted by Gasteiger charge is 2.13. The molecular formula is C17H21N3O3. The molecule has 0 aliphatic heterocycles. The van der Waals surface area contributed by atoms with E-state index in [1.165, 1.54) is 12.4 Å². The molecule has 0 radical (unpaired) electrons. The lowest BCUT2D eigenvalue weighted by Crippen LogP contribution is -2.24. The fourth-order valence-corrected chi connectivity index (χ4v) is 2.10. The standard InChI is InChI=1S/C17H21N3O3/c1-17(2,23)7-6-12-4-3-5-13(8-12)16(22)18-10-14-9-15(21)20-11-19-14/h3-5,8-9,11,23H,6-7,10H2,1-2H3,(H,18,22)(H,19,20,21). The van der Waals surface area contributed by atoms with Gasteiger partial charge in [-0.05, 0) is 44.4 Å². The van der Waals surface area contributed by atoms with E-state index >= 15 is 0 Å². The van der Waals surface area contributed by atoms with Crippen molar-refractivity contribution in [2.24, 2.45) is 0 Å². The molecule has 6 nitrogen and oxygen atoms in total. The van der Waals surface area contributed by atoms with Crippen LogP contribution in [-0.4, -0.2) is 26.6 Å². The number of H-pyrrole nitrogens is 1. The van der Waals surface area contributed by atoms with E-state index in [0.717, 1.165) is 5.56 Å². The number of hydrogen-bond acceptors (Lipinski definition) is 4. The molecule has 0 bridgehead atoms. The maximum Gasteiger partial charge on any atom is 0.251 e. The number of hydrogen-bond donors (Lipinski definition) is 3. The second kappa shape index (κ2) is 7.19. The molecule has 1 heterocycles. The zero-order valence-corrected chi connectivity index (χ0v) is 13.3. The number of aliphatic hydroxyl groups is 1. The third kappa shape index (κ3) is 5.67. The van der Waals surface area contributed by atoms with Crippen LogP contribution in [0.5, 0.6) is 0 Å². The maximum atomic E-state index is 12.2. The van der Waals surface area contributed by atoms with Gasteiger partial charge in [0.2, 0.25) is 0 Å². The van der Waals surface area contributed by atoms with Gasteiger partial charge in [0.25, 0.3) is 11.5 Å². The third-order valence-corrected chi connectivity index (χ3v) is 3.38. The molecule has 3 N–H and O–H groups in total. The van der Waals surface area contributed by atoms with Crippen LogP contribution in [0.15, 0.2) is 41.5 Å². The minimum absolute atomic E-state index is 0.191. The van der Waals surface area contributed by atoms with Gasteiger partial charge in [0.15, 0.2) is 0 Å². The molecule has 0 saturated heterocycles. The fourth-order valence-electron chi connectivity index (χ4n) is 2.10. The molecule has 2 rings (SSSR count). The molecule has 122 valence electrons. The van der Waals surface area contributed by atoms with Gasteiger partial charge in [-0.2, -0.15) is 0 Å². The van der Waals surface area contributed by atoms with E-state index in [0.29, 0.717) is 24.1 Å². The second-order valence-corrected chi connectivity index (χ2v) is 6.10. The summed E-state index contributed by atoms with van der Waals surface area (Å²) in [6.45, 7) is 3.72. The normalized spacial score (nSPS) is 11.3. The topological polar surface area (TPSA) is 95.1 Å².